The van der Waals surface area contributed by atoms with Crippen LogP contribution in [0.5, 0.6) is 0 Å². The van der Waals surface area contributed by atoms with E-state index in [0.29, 0.717) is 22.3 Å². The Labute approximate surface area is 199 Å². The van der Waals surface area contributed by atoms with Crippen LogP contribution in [0, 0.1) is 5.82 Å². The predicted molar refractivity (Wildman–Crippen MR) is 134 cm³/mol. The van der Waals surface area contributed by atoms with Crippen molar-refractivity contribution < 1.29 is 14.3 Å². The lowest BCUT2D eigenvalue weighted by molar-refractivity contribution is 0.0692. The molecule has 0 aliphatic carbocycles. The van der Waals surface area contributed by atoms with Crippen LogP contribution in [0.3, 0.4) is 0 Å². The molecule has 4 aromatic heterocycles. The van der Waals surface area contributed by atoms with Crippen molar-refractivity contribution in [1.29, 1.82) is 0 Å². The van der Waals surface area contributed by atoms with Crippen molar-refractivity contribution in [3.8, 4) is 33.8 Å². The van der Waals surface area contributed by atoms with Crippen molar-refractivity contribution in [3.05, 3.63) is 78.0 Å². The highest BCUT2D eigenvalue weighted by molar-refractivity contribution is 6.07. The molecule has 2 aromatic carbocycles. The molecule has 7 nitrogen and oxygen atoms in total. The number of hydrogen-bond acceptors (Lipinski definition) is 2. The zero-order valence-electron chi connectivity index (χ0n) is 19.0. The number of nitrogens with one attached hydrogen (secondary N) is 4. The van der Waals surface area contributed by atoms with Gasteiger partial charge in [-0.2, -0.15) is 5.10 Å². The van der Waals surface area contributed by atoms with Crippen molar-refractivity contribution >= 4 is 27.8 Å². The Morgan fingerprint density at radius 1 is 0.971 bits per heavy atom. The molecule has 8 heteroatoms. The van der Waals surface area contributed by atoms with Crippen LogP contribution in [-0.2, 0) is 0 Å². The first-order valence-electron chi connectivity index (χ1n) is 11.3. The zero-order valence-corrected chi connectivity index (χ0v) is 19.0. The van der Waals surface area contributed by atoms with E-state index in [1.165, 1.54) is 12.1 Å². The van der Waals surface area contributed by atoms with E-state index in [9.17, 15) is 14.3 Å². The third-order valence-electron chi connectivity index (χ3n) is 6.46. The first-order valence-corrected chi connectivity index (χ1v) is 11.3. The van der Waals surface area contributed by atoms with Crippen LogP contribution < -0.4 is 0 Å². The number of H-pyrrole nitrogens is 4. The summed E-state index contributed by atoms with van der Waals surface area (Å²) in [7, 11) is 0. The molecule has 0 bridgehead atoms. The van der Waals surface area contributed by atoms with Crippen LogP contribution in [0.4, 0.5) is 4.39 Å². The fraction of sp³-hybridized carbons (Fsp3) is 0.111. The van der Waals surface area contributed by atoms with Gasteiger partial charge >= 0.3 is 5.97 Å². The third-order valence-corrected chi connectivity index (χ3v) is 6.46. The second-order valence-corrected chi connectivity index (χ2v) is 8.94. The molecule has 4 heterocycles. The van der Waals surface area contributed by atoms with Crippen molar-refractivity contribution in [2.75, 3.05) is 0 Å². The van der Waals surface area contributed by atoms with E-state index in [-0.39, 0.29) is 11.6 Å². The highest BCUT2D eigenvalue weighted by Gasteiger charge is 2.28. The van der Waals surface area contributed by atoms with Gasteiger partial charge in [-0.15, -0.1) is 0 Å². The molecule has 0 fully saturated rings. The molecule has 0 aliphatic rings. The van der Waals surface area contributed by atoms with Crippen molar-refractivity contribution in [2.24, 2.45) is 0 Å². The number of halogens is 1. The zero-order chi connectivity index (χ0) is 24.3. The second-order valence-electron chi connectivity index (χ2n) is 8.94. The van der Waals surface area contributed by atoms with Gasteiger partial charge < -0.3 is 20.1 Å². The number of carboxylic acid groups (broad SMARTS) is 1. The van der Waals surface area contributed by atoms with Gasteiger partial charge in [-0.1, -0.05) is 26.0 Å². The molecule has 0 saturated carbocycles. The lowest BCUT2D eigenvalue weighted by Gasteiger charge is -2.13. The SMILES string of the molecule is CC(C)c1c(-c2cc(F)cc3[nH]ccc23)[nH]c(C(=O)O)c1-c1cccc2[nH]c(-c3ccn[nH]3)cc12. The van der Waals surface area contributed by atoms with E-state index in [2.05, 4.69) is 25.1 Å². The average molecular weight is 468 g/mol. The maximum atomic E-state index is 14.6. The van der Waals surface area contributed by atoms with Gasteiger partial charge in [-0.05, 0) is 53.4 Å². The minimum absolute atomic E-state index is 0.0390. The molecular formula is C27H22FN5O2. The van der Waals surface area contributed by atoms with Gasteiger partial charge in [-0.3, -0.25) is 5.10 Å². The Hall–Kier alpha value is -4.59. The van der Waals surface area contributed by atoms with Crippen LogP contribution in [0.15, 0.2) is 60.9 Å². The van der Waals surface area contributed by atoms with Crippen LogP contribution in [0.1, 0.15) is 35.8 Å². The van der Waals surface area contributed by atoms with Gasteiger partial charge in [0, 0.05) is 45.3 Å². The summed E-state index contributed by atoms with van der Waals surface area (Å²) in [4.78, 5) is 22.1. The summed E-state index contributed by atoms with van der Waals surface area (Å²) in [6, 6.07) is 14.4. The fourth-order valence-electron chi connectivity index (χ4n) is 5.01. The maximum absolute atomic E-state index is 14.6. The van der Waals surface area contributed by atoms with Gasteiger partial charge in [-0.25, -0.2) is 9.18 Å². The number of carbonyl (C=O) groups is 1. The molecular weight excluding hydrogens is 445 g/mol. The summed E-state index contributed by atoms with van der Waals surface area (Å²) in [5.74, 6) is -1.51. The van der Waals surface area contributed by atoms with Crippen molar-refractivity contribution in [3.63, 3.8) is 0 Å². The quantitative estimate of drug-likeness (QED) is 0.195. The van der Waals surface area contributed by atoms with E-state index in [4.69, 9.17) is 0 Å². The number of benzene rings is 2. The summed E-state index contributed by atoms with van der Waals surface area (Å²) in [6.07, 6.45) is 3.43. The Kier molecular flexibility index (Phi) is 4.63. The molecule has 0 atom stereocenters. The summed E-state index contributed by atoms with van der Waals surface area (Å²) < 4.78 is 14.6. The monoisotopic (exact) mass is 467 g/mol. The van der Waals surface area contributed by atoms with Crippen LogP contribution in [0.2, 0.25) is 0 Å². The van der Waals surface area contributed by atoms with Crippen LogP contribution in [0.25, 0.3) is 55.6 Å². The summed E-state index contributed by atoms with van der Waals surface area (Å²) >= 11 is 0. The van der Waals surface area contributed by atoms with E-state index in [0.717, 1.165) is 38.8 Å². The molecule has 0 radical (unpaired) electrons. The standard InChI is InChI=1S/C27H22FN5O2/c1-13(2)23-24(16-4-3-5-19-17(16)12-22(31-19)20-7-9-30-33-20)26(27(34)35)32-25(23)18-10-14(28)11-21-15(18)6-8-29-21/h3-13,29,31-32H,1-2H3,(H,30,33)(H,34,35). The van der Waals surface area contributed by atoms with E-state index in [1.54, 1.807) is 12.4 Å². The number of nitrogens with zero attached hydrogens (tertiary/aromatic N) is 1. The van der Waals surface area contributed by atoms with E-state index in [1.807, 2.05) is 50.2 Å². The van der Waals surface area contributed by atoms with Gasteiger partial charge in [0.05, 0.1) is 17.1 Å². The smallest absolute Gasteiger partial charge is 0.352 e. The van der Waals surface area contributed by atoms with Gasteiger partial charge in [0.15, 0.2) is 0 Å². The Morgan fingerprint density at radius 3 is 2.57 bits per heavy atom. The van der Waals surface area contributed by atoms with E-state index < -0.39 is 11.8 Å². The largest absolute Gasteiger partial charge is 0.477 e. The molecule has 35 heavy (non-hydrogen) atoms. The summed E-state index contributed by atoms with van der Waals surface area (Å²) in [5.41, 5.74) is 6.74. The number of aromatic amines is 4. The molecule has 5 N–H and O–H groups in total. The Morgan fingerprint density at radius 2 is 1.83 bits per heavy atom. The summed E-state index contributed by atoms with van der Waals surface area (Å²) in [5, 5.41) is 18.9. The molecule has 174 valence electrons. The normalized spacial score (nSPS) is 11.8. The number of rotatable bonds is 5. The summed E-state index contributed by atoms with van der Waals surface area (Å²) in [6.45, 7) is 4.03. The average Bonchev–Trinajstić information content (AvgIpc) is 3.62. The van der Waals surface area contributed by atoms with Crippen LogP contribution >= 0.6 is 0 Å². The fourth-order valence-corrected chi connectivity index (χ4v) is 5.01. The Bertz CT molecular complexity index is 1720. The van der Waals surface area contributed by atoms with Gasteiger partial charge in [0.2, 0.25) is 0 Å². The molecule has 0 amide bonds. The molecule has 0 spiro atoms. The Balaban J connectivity index is 1.68. The van der Waals surface area contributed by atoms with Gasteiger partial charge in [0.1, 0.15) is 11.5 Å². The highest BCUT2D eigenvalue weighted by Crippen LogP contribution is 2.44. The topological polar surface area (TPSA) is 113 Å². The lowest BCUT2D eigenvalue weighted by atomic mass is 9.89. The van der Waals surface area contributed by atoms with Crippen molar-refractivity contribution in [2.45, 2.75) is 19.8 Å². The third kappa shape index (κ3) is 3.25. The molecule has 6 rings (SSSR count). The first kappa shape index (κ1) is 21.0. The number of aromatic carboxylic acids is 1. The second kappa shape index (κ2) is 7.73. The number of carboxylic acids is 1. The number of fused-ring (bicyclic) bond motifs is 2. The maximum Gasteiger partial charge on any atom is 0.352 e. The van der Waals surface area contributed by atoms with Gasteiger partial charge in [0.25, 0.3) is 0 Å². The van der Waals surface area contributed by atoms with E-state index >= 15 is 0 Å². The lowest BCUT2D eigenvalue weighted by Crippen LogP contribution is -2.00. The highest BCUT2D eigenvalue weighted by atomic mass is 19.1. The molecule has 6 aromatic rings. The molecule has 0 aliphatic heterocycles. The van der Waals surface area contributed by atoms with Crippen molar-refractivity contribution in [1.82, 2.24) is 25.1 Å². The number of aromatic nitrogens is 5. The molecule has 0 unspecified atom stereocenters. The minimum atomic E-state index is -1.07. The first-order chi connectivity index (χ1) is 16.9. The number of hydrogen-bond donors (Lipinski definition) is 5. The minimum Gasteiger partial charge on any atom is -0.477 e. The predicted octanol–water partition coefficient (Wildman–Crippen LogP) is 6.66. The van der Waals surface area contributed by atoms with Crippen LogP contribution in [-0.4, -0.2) is 36.2 Å². The molecule has 0 saturated heterocycles.